The summed E-state index contributed by atoms with van der Waals surface area (Å²) in [5, 5.41) is 2.38. The molecule has 2 rings (SSSR count). The van der Waals surface area contributed by atoms with E-state index < -0.39 is 12.0 Å². The summed E-state index contributed by atoms with van der Waals surface area (Å²) >= 11 is 0. The van der Waals surface area contributed by atoms with Gasteiger partial charge in [-0.3, -0.25) is 4.79 Å². The lowest BCUT2D eigenvalue weighted by molar-refractivity contribution is 0.0474. The highest BCUT2D eigenvalue weighted by atomic mass is 16.5. The molecule has 0 saturated carbocycles. The number of ketones is 1. The molecule has 26 heavy (non-hydrogen) atoms. The number of carbonyl (C=O) groups excluding carboxylic acids is 3. The van der Waals surface area contributed by atoms with Crippen LogP contribution in [0.4, 0.5) is 10.5 Å². The maximum absolute atomic E-state index is 12.4. The molecule has 3 N–H and O–H groups in total. The van der Waals surface area contributed by atoms with Gasteiger partial charge in [-0.2, -0.15) is 0 Å². The van der Waals surface area contributed by atoms with E-state index in [4.69, 9.17) is 10.5 Å². The Kier molecular flexibility index (Phi) is 5.82. The average Bonchev–Trinajstić information content (AvgIpc) is 2.86. The second kappa shape index (κ2) is 7.86. The molecule has 2 amide bonds. The van der Waals surface area contributed by atoms with Crippen LogP contribution in [-0.4, -0.2) is 29.0 Å². The Bertz CT molecular complexity index is 852. The molecule has 0 saturated heterocycles. The van der Waals surface area contributed by atoms with Gasteiger partial charge in [0.05, 0.1) is 5.56 Å². The van der Waals surface area contributed by atoms with Crippen LogP contribution in [0.1, 0.15) is 52.0 Å². The van der Waals surface area contributed by atoms with Gasteiger partial charge in [0, 0.05) is 28.7 Å². The van der Waals surface area contributed by atoms with Gasteiger partial charge in [0.1, 0.15) is 0 Å². The number of rotatable bonds is 6. The molecule has 1 heterocycles. The van der Waals surface area contributed by atoms with E-state index in [1.165, 1.54) is 12.1 Å². The van der Waals surface area contributed by atoms with Gasteiger partial charge in [0.2, 0.25) is 5.78 Å². The summed E-state index contributed by atoms with van der Waals surface area (Å²) in [6.07, 6.45) is 0. The summed E-state index contributed by atoms with van der Waals surface area (Å²) in [4.78, 5) is 35.5. The Hall–Kier alpha value is -3.09. The van der Waals surface area contributed by atoms with Crippen molar-refractivity contribution in [3.8, 4) is 0 Å². The second-order valence-electron chi connectivity index (χ2n) is 6.32. The number of urea groups is 1. The highest BCUT2D eigenvalue weighted by Crippen LogP contribution is 2.21. The minimum Gasteiger partial charge on any atom is -0.454 e. The highest BCUT2D eigenvalue weighted by Gasteiger charge is 2.19. The SMILES string of the molecule is Cc1cc(C(=O)COC(=O)c2cccc(NC(N)=O)c2)c(C)n1C(C)C. The molecule has 0 fully saturated rings. The van der Waals surface area contributed by atoms with Crippen molar-refractivity contribution < 1.29 is 19.1 Å². The van der Waals surface area contributed by atoms with Crippen LogP contribution < -0.4 is 11.1 Å². The highest BCUT2D eigenvalue weighted by molar-refractivity contribution is 6.00. The summed E-state index contributed by atoms with van der Waals surface area (Å²) in [6.45, 7) is 7.55. The van der Waals surface area contributed by atoms with E-state index in [-0.39, 0.29) is 24.0 Å². The molecule has 7 heteroatoms. The van der Waals surface area contributed by atoms with Crippen molar-refractivity contribution in [1.29, 1.82) is 0 Å². The summed E-state index contributed by atoms with van der Waals surface area (Å²) in [5.74, 6) is -0.908. The number of nitrogens with two attached hydrogens (primary N) is 1. The number of ether oxygens (including phenoxy) is 1. The van der Waals surface area contributed by atoms with Crippen LogP contribution in [0.15, 0.2) is 30.3 Å². The van der Waals surface area contributed by atoms with Gasteiger partial charge in [-0.15, -0.1) is 0 Å². The molecular formula is C19H23N3O4. The van der Waals surface area contributed by atoms with Crippen molar-refractivity contribution >= 4 is 23.5 Å². The van der Waals surface area contributed by atoms with Crippen molar-refractivity contribution in [3.05, 3.63) is 52.8 Å². The number of Topliss-reactive ketones (excluding diaryl/α,β-unsaturated/α-hetero) is 1. The van der Waals surface area contributed by atoms with Crippen molar-refractivity contribution in [1.82, 2.24) is 4.57 Å². The third kappa shape index (κ3) is 4.30. The maximum Gasteiger partial charge on any atom is 0.338 e. The first kappa shape index (κ1) is 19.2. The Morgan fingerprint density at radius 3 is 2.46 bits per heavy atom. The third-order valence-corrected chi connectivity index (χ3v) is 4.00. The summed E-state index contributed by atoms with van der Waals surface area (Å²) in [6, 6.07) is 7.45. The van der Waals surface area contributed by atoms with E-state index in [1.807, 2.05) is 33.8 Å². The molecule has 2 aromatic rings. The average molecular weight is 357 g/mol. The van der Waals surface area contributed by atoms with Crippen molar-refractivity contribution in [2.75, 3.05) is 11.9 Å². The van der Waals surface area contributed by atoms with E-state index in [0.29, 0.717) is 11.3 Å². The number of primary amides is 1. The molecule has 0 atom stereocenters. The number of benzene rings is 1. The van der Waals surface area contributed by atoms with Crippen LogP contribution in [0.3, 0.4) is 0 Å². The van der Waals surface area contributed by atoms with Gasteiger partial charge >= 0.3 is 12.0 Å². The predicted molar refractivity (Wildman–Crippen MR) is 98.6 cm³/mol. The molecule has 138 valence electrons. The van der Waals surface area contributed by atoms with Crippen molar-refractivity contribution in [3.63, 3.8) is 0 Å². The van der Waals surface area contributed by atoms with E-state index in [0.717, 1.165) is 11.4 Å². The van der Waals surface area contributed by atoms with Gasteiger partial charge in [-0.25, -0.2) is 9.59 Å². The molecule has 0 bridgehead atoms. The molecule has 0 aliphatic rings. The lowest BCUT2D eigenvalue weighted by Crippen LogP contribution is -2.19. The number of nitrogens with zero attached hydrogens (tertiary/aromatic N) is 1. The first-order valence-electron chi connectivity index (χ1n) is 8.26. The van der Waals surface area contributed by atoms with Crippen molar-refractivity contribution in [2.24, 2.45) is 5.73 Å². The van der Waals surface area contributed by atoms with Crippen molar-refractivity contribution in [2.45, 2.75) is 33.7 Å². The number of anilines is 1. The largest absolute Gasteiger partial charge is 0.454 e. The fourth-order valence-corrected chi connectivity index (χ4v) is 3.01. The quantitative estimate of drug-likeness (QED) is 0.612. The molecule has 0 aliphatic heterocycles. The number of aromatic nitrogens is 1. The monoisotopic (exact) mass is 357 g/mol. The standard InChI is InChI=1S/C19H23N3O4/c1-11(2)22-12(3)8-16(13(22)4)17(23)10-26-18(24)14-6-5-7-15(9-14)21-19(20)25/h5-9,11H,10H2,1-4H3,(H3,20,21,25). The zero-order valence-corrected chi connectivity index (χ0v) is 15.3. The number of amides is 2. The Morgan fingerprint density at radius 1 is 1.19 bits per heavy atom. The molecule has 0 aliphatic carbocycles. The topological polar surface area (TPSA) is 103 Å². The zero-order valence-electron chi connectivity index (χ0n) is 15.3. The van der Waals surface area contributed by atoms with Gasteiger partial charge in [0.15, 0.2) is 6.61 Å². The van der Waals surface area contributed by atoms with Crippen LogP contribution in [0, 0.1) is 13.8 Å². The number of hydrogen-bond acceptors (Lipinski definition) is 4. The lowest BCUT2D eigenvalue weighted by Gasteiger charge is -2.13. The minimum atomic E-state index is -0.730. The van der Waals surface area contributed by atoms with E-state index >= 15 is 0 Å². The number of esters is 1. The second-order valence-corrected chi connectivity index (χ2v) is 6.32. The first-order chi connectivity index (χ1) is 12.2. The number of aryl methyl sites for hydroxylation is 1. The summed E-state index contributed by atoms with van der Waals surface area (Å²) < 4.78 is 7.19. The van der Waals surface area contributed by atoms with Crippen LogP contribution in [0.5, 0.6) is 0 Å². The molecule has 1 aromatic heterocycles. The molecule has 0 spiro atoms. The van der Waals surface area contributed by atoms with Crippen LogP contribution >= 0.6 is 0 Å². The minimum absolute atomic E-state index is 0.219. The number of hydrogen-bond donors (Lipinski definition) is 2. The van der Waals surface area contributed by atoms with Gasteiger partial charge in [-0.05, 0) is 52.0 Å². The lowest BCUT2D eigenvalue weighted by atomic mass is 10.1. The van der Waals surface area contributed by atoms with E-state index in [2.05, 4.69) is 9.88 Å². The zero-order chi connectivity index (χ0) is 19.4. The molecule has 0 unspecified atom stereocenters. The molecule has 7 nitrogen and oxygen atoms in total. The fourth-order valence-electron chi connectivity index (χ4n) is 3.01. The summed E-state index contributed by atoms with van der Waals surface area (Å²) in [5.41, 5.74) is 8.03. The molecule has 0 radical (unpaired) electrons. The summed E-state index contributed by atoms with van der Waals surface area (Å²) in [7, 11) is 0. The van der Waals surface area contributed by atoms with E-state index in [1.54, 1.807) is 12.1 Å². The van der Waals surface area contributed by atoms with Crippen LogP contribution in [0.2, 0.25) is 0 Å². The van der Waals surface area contributed by atoms with Gasteiger partial charge < -0.3 is 20.4 Å². The fraction of sp³-hybridized carbons (Fsp3) is 0.316. The number of nitrogens with one attached hydrogen (secondary N) is 1. The normalized spacial score (nSPS) is 10.7. The third-order valence-electron chi connectivity index (χ3n) is 4.00. The maximum atomic E-state index is 12.4. The van der Waals surface area contributed by atoms with Gasteiger partial charge in [-0.1, -0.05) is 6.07 Å². The predicted octanol–water partition coefficient (Wildman–Crippen LogP) is 3.22. The van der Waals surface area contributed by atoms with Crippen LogP contribution in [-0.2, 0) is 4.74 Å². The van der Waals surface area contributed by atoms with E-state index in [9.17, 15) is 14.4 Å². The molecular weight excluding hydrogens is 334 g/mol. The Labute approximate surface area is 152 Å². The van der Waals surface area contributed by atoms with Crippen LogP contribution in [0.25, 0.3) is 0 Å². The Balaban J connectivity index is 2.07. The smallest absolute Gasteiger partial charge is 0.338 e. The molecule has 1 aromatic carbocycles. The number of carbonyl (C=O) groups is 3. The first-order valence-corrected chi connectivity index (χ1v) is 8.26. The Morgan fingerprint density at radius 2 is 1.88 bits per heavy atom. The van der Waals surface area contributed by atoms with Gasteiger partial charge in [0.25, 0.3) is 0 Å².